The van der Waals surface area contributed by atoms with Crippen molar-refractivity contribution in [3.8, 4) is 0 Å². The van der Waals surface area contributed by atoms with Crippen molar-refractivity contribution in [2.24, 2.45) is 5.92 Å². The number of hydrogen-bond donors (Lipinski definition) is 1. The molecule has 0 heterocycles. The van der Waals surface area contributed by atoms with Crippen molar-refractivity contribution < 1.29 is 4.21 Å². The molecule has 2 bridgehead atoms. The van der Waals surface area contributed by atoms with Crippen LogP contribution >= 0.6 is 11.6 Å². The third kappa shape index (κ3) is 1.14. The number of nitrogens with one attached hydrogen (secondary N) is 1. The van der Waals surface area contributed by atoms with Gasteiger partial charge in [-0.2, -0.15) is 0 Å². The van der Waals surface area contributed by atoms with E-state index < -0.39 is 9.73 Å². The summed E-state index contributed by atoms with van der Waals surface area (Å²) in [5.74, 6) is 0.753. The molecule has 3 aliphatic carbocycles. The van der Waals surface area contributed by atoms with Gasteiger partial charge in [0.15, 0.2) is 0 Å². The van der Waals surface area contributed by atoms with Crippen molar-refractivity contribution in [2.75, 3.05) is 0 Å². The van der Waals surface area contributed by atoms with E-state index in [0.717, 1.165) is 25.2 Å². The molecule has 15 heavy (non-hydrogen) atoms. The lowest BCUT2D eigenvalue weighted by molar-refractivity contribution is 0.0512. The van der Waals surface area contributed by atoms with E-state index in [1.165, 1.54) is 0 Å². The van der Waals surface area contributed by atoms with Gasteiger partial charge in [0, 0.05) is 9.92 Å². The zero-order valence-electron chi connectivity index (χ0n) is 8.20. The fourth-order valence-electron chi connectivity index (χ4n) is 2.63. The molecule has 3 fully saturated rings. The van der Waals surface area contributed by atoms with E-state index in [-0.39, 0.29) is 4.75 Å². The highest BCUT2D eigenvalue weighted by atomic mass is 35.5. The summed E-state index contributed by atoms with van der Waals surface area (Å²) in [6.45, 7) is 0. The quantitative estimate of drug-likeness (QED) is 0.848. The third-order valence-corrected chi connectivity index (χ3v) is 6.64. The third-order valence-electron chi connectivity index (χ3n) is 3.74. The maximum Gasteiger partial charge on any atom is 0.0784 e. The van der Waals surface area contributed by atoms with Crippen LogP contribution in [0.3, 0.4) is 0 Å². The van der Waals surface area contributed by atoms with Gasteiger partial charge in [0.05, 0.1) is 14.5 Å². The largest absolute Gasteiger partial charge is 0.248 e. The Balaban J connectivity index is 2.02. The maximum absolute atomic E-state index is 12.5. The van der Waals surface area contributed by atoms with Crippen LogP contribution in [-0.4, -0.2) is 8.96 Å². The molecule has 1 aromatic rings. The summed E-state index contributed by atoms with van der Waals surface area (Å²) in [6.07, 6.45) is 2.95. The summed E-state index contributed by atoms with van der Waals surface area (Å²) in [5.41, 5.74) is 0. The van der Waals surface area contributed by atoms with Crippen LogP contribution in [0.2, 0.25) is 5.02 Å². The predicted octanol–water partition coefficient (Wildman–Crippen LogP) is 3.30. The van der Waals surface area contributed by atoms with Crippen molar-refractivity contribution in [3.05, 3.63) is 29.3 Å². The van der Waals surface area contributed by atoms with Crippen LogP contribution in [0.4, 0.5) is 0 Å². The highest BCUT2D eigenvalue weighted by Crippen LogP contribution is 2.63. The first-order valence-electron chi connectivity index (χ1n) is 5.07. The van der Waals surface area contributed by atoms with Gasteiger partial charge < -0.3 is 0 Å². The molecule has 0 spiro atoms. The Hall–Kier alpha value is -0.540. The second-order valence-corrected chi connectivity index (χ2v) is 7.56. The standard InChI is InChI=1S/C11H12ClNOS/c12-9-1-3-10(4-2-9)15(13,14)11-5-8(6-11)7-11/h1-4,8,13H,5-7H2. The molecule has 4 rings (SSSR count). The van der Waals surface area contributed by atoms with Crippen LogP contribution in [0.5, 0.6) is 0 Å². The molecule has 3 saturated carbocycles. The first-order valence-corrected chi connectivity index (χ1v) is 7.01. The molecule has 1 unspecified atom stereocenters. The summed E-state index contributed by atoms with van der Waals surface area (Å²) in [5, 5.41) is 0.631. The van der Waals surface area contributed by atoms with Crippen LogP contribution in [0.1, 0.15) is 19.3 Å². The topological polar surface area (TPSA) is 40.9 Å². The second-order valence-electron chi connectivity index (χ2n) is 4.67. The summed E-state index contributed by atoms with van der Waals surface area (Å²) in [7, 11) is -2.61. The lowest BCUT2D eigenvalue weighted by Gasteiger charge is -2.61. The molecule has 0 aliphatic heterocycles. The van der Waals surface area contributed by atoms with Gasteiger partial charge in [0.25, 0.3) is 0 Å². The molecule has 1 atom stereocenters. The molecule has 0 saturated heterocycles. The van der Waals surface area contributed by atoms with Crippen LogP contribution in [0, 0.1) is 10.7 Å². The number of rotatable bonds is 2. The van der Waals surface area contributed by atoms with E-state index in [4.69, 9.17) is 16.4 Å². The van der Waals surface area contributed by atoms with E-state index in [2.05, 4.69) is 0 Å². The predicted molar refractivity (Wildman–Crippen MR) is 60.7 cm³/mol. The zero-order chi connectivity index (χ0) is 10.7. The average Bonchev–Trinajstić information content (AvgIpc) is 1.97. The van der Waals surface area contributed by atoms with Crippen molar-refractivity contribution in [1.29, 1.82) is 4.78 Å². The minimum Gasteiger partial charge on any atom is -0.248 e. The number of benzene rings is 1. The molecular weight excluding hydrogens is 230 g/mol. The first kappa shape index (κ1) is 9.67. The summed E-state index contributed by atoms with van der Waals surface area (Å²) in [4.78, 5) is 0.644. The SMILES string of the molecule is N=S(=O)(c1ccc(Cl)cc1)C12CC(C1)C2. The molecule has 4 heteroatoms. The Morgan fingerprint density at radius 3 is 2.20 bits per heavy atom. The lowest BCUT2D eigenvalue weighted by Crippen LogP contribution is -2.62. The van der Waals surface area contributed by atoms with E-state index in [0.29, 0.717) is 9.92 Å². The summed E-state index contributed by atoms with van der Waals surface area (Å²) >= 11 is 5.78. The van der Waals surface area contributed by atoms with Crippen molar-refractivity contribution in [3.63, 3.8) is 0 Å². The molecule has 1 N–H and O–H groups in total. The average molecular weight is 242 g/mol. The fraction of sp³-hybridized carbons (Fsp3) is 0.455. The van der Waals surface area contributed by atoms with Gasteiger partial charge in [-0.05, 0) is 49.4 Å². The van der Waals surface area contributed by atoms with E-state index in [9.17, 15) is 4.21 Å². The Kier molecular flexibility index (Phi) is 1.79. The Bertz CT molecular complexity index is 489. The molecule has 80 valence electrons. The van der Waals surface area contributed by atoms with Crippen molar-refractivity contribution >= 4 is 21.3 Å². The van der Waals surface area contributed by atoms with Gasteiger partial charge in [-0.25, -0.2) is 8.99 Å². The highest BCUT2D eigenvalue weighted by Gasteiger charge is 2.62. The smallest absolute Gasteiger partial charge is 0.0784 e. The van der Waals surface area contributed by atoms with Gasteiger partial charge >= 0.3 is 0 Å². The lowest BCUT2D eigenvalue weighted by atomic mass is 9.55. The molecule has 0 aromatic heterocycles. The van der Waals surface area contributed by atoms with E-state index >= 15 is 0 Å². The minimum atomic E-state index is -2.61. The highest BCUT2D eigenvalue weighted by molar-refractivity contribution is 7.94. The molecule has 1 aromatic carbocycles. The maximum atomic E-state index is 12.5. The summed E-state index contributed by atoms with van der Waals surface area (Å²) in [6, 6.07) is 6.91. The van der Waals surface area contributed by atoms with E-state index in [1.807, 2.05) is 0 Å². The van der Waals surface area contributed by atoms with Crippen LogP contribution in [0.25, 0.3) is 0 Å². The van der Waals surface area contributed by atoms with Crippen molar-refractivity contribution in [1.82, 2.24) is 0 Å². The summed E-state index contributed by atoms with van der Waals surface area (Å²) < 4.78 is 20.4. The number of hydrogen-bond acceptors (Lipinski definition) is 2. The second kappa shape index (κ2) is 2.77. The van der Waals surface area contributed by atoms with Crippen LogP contribution in [-0.2, 0) is 9.73 Å². The first-order chi connectivity index (χ1) is 7.03. The minimum absolute atomic E-state index is 0.189. The van der Waals surface area contributed by atoms with Crippen LogP contribution < -0.4 is 0 Å². The molecule has 0 radical (unpaired) electrons. The molecular formula is C11H12ClNOS. The van der Waals surface area contributed by atoms with Gasteiger partial charge in [0.1, 0.15) is 0 Å². The normalized spacial score (nSPS) is 36.2. The van der Waals surface area contributed by atoms with E-state index in [1.54, 1.807) is 24.3 Å². The monoisotopic (exact) mass is 241 g/mol. The Labute approximate surface area is 94.6 Å². The van der Waals surface area contributed by atoms with Gasteiger partial charge in [-0.15, -0.1) is 0 Å². The Morgan fingerprint density at radius 2 is 1.80 bits per heavy atom. The van der Waals surface area contributed by atoms with Gasteiger partial charge in [-0.1, -0.05) is 11.6 Å². The fourth-order valence-corrected chi connectivity index (χ4v) is 5.18. The zero-order valence-corrected chi connectivity index (χ0v) is 9.77. The van der Waals surface area contributed by atoms with Gasteiger partial charge in [-0.3, -0.25) is 0 Å². The van der Waals surface area contributed by atoms with Crippen LogP contribution in [0.15, 0.2) is 29.2 Å². The molecule has 2 nitrogen and oxygen atoms in total. The van der Waals surface area contributed by atoms with Crippen molar-refractivity contribution in [2.45, 2.75) is 28.9 Å². The number of halogens is 1. The molecule has 3 aliphatic rings. The van der Waals surface area contributed by atoms with Gasteiger partial charge in [0.2, 0.25) is 0 Å². The Morgan fingerprint density at radius 1 is 1.27 bits per heavy atom. The molecule has 0 amide bonds.